The largest absolute Gasteiger partial charge is 0.444 e. The Morgan fingerprint density at radius 1 is 1.30 bits per heavy atom. The summed E-state index contributed by atoms with van der Waals surface area (Å²) < 4.78 is 5.48. The molecule has 2 aliphatic rings. The molecule has 1 N–H and O–H groups in total. The molecular weight excluding hydrogens is 386 g/mol. The molecule has 0 bridgehead atoms. The van der Waals surface area contributed by atoms with Crippen LogP contribution in [0.4, 0.5) is 4.79 Å². The van der Waals surface area contributed by atoms with Gasteiger partial charge in [0.15, 0.2) is 0 Å². The number of hydrogen-bond acceptors (Lipinski definition) is 6. The Bertz CT molecular complexity index is 845. The SMILES string of the molecule is CC(C)(C)OC(=O)N1C[C@@H](NC(=O)c2cccnc2)C[C@H]1C(=O)N1CCCC1C#N. The molecule has 0 spiro atoms. The van der Waals surface area contributed by atoms with E-state index >= 15 is 0 Å². The molecule has 2 saturated heterocycles. The summed E-state index contributed by atoms with van der Waals surface area (Å²) >= 11 is 0. The van der Waals surface area contributed by atoms with Crippen LogP contribution in [0.2, 0.25) is 0 Å². The predicted octanol–water partition coefficient (Wildman–Crippen LogP) is 1.70. The van der Waals surface area contributed by atoms with Gasteiger partial charge in [-0.1, -0.05) is 0 Å². The van der Waals surface area contributed by atoms with E-state index in [1.807, 2.05) is 0 Å². The minimum Gasteiger partial charge on any atom is -0.444 e. The number of carbonyl (C=O) groups is 3. The number of aromatic nitrogens is 1. The molecular formula is C21H27N5O4. The topological polar surface area (TPSA) is 116 Å². The van der Waals surface area contributed by atoms with Crippen molar-refractivity contribution < 1.29 is 19.1 Å². The average Bonchev–Trinajstić information content (AvgIpc) is 3.33. The second kappa shape index (κ2) is 8.69. The molecule has 0 saturated carbocycles. The van der Waals surface area contributed by atoms with Gasteiger partial charge in [-0.3, -0.25) is 19.5 Å². The number of amides is 3. The van der Waals surface area contributed by atoms with Crippen molar-refractivity contribution in [2.24, 2.45) is 0 Å². The molecule has 1 aromatic rings. The zero-order valence-corrected chi connectivity index (χ0v) is 17.5. The zero-order chi connectivity index (χ0) is 21.9. The van der Waals surface area contributed by atoms with Gasteiger partial charge in [-0.15, -0.1) is 0 Å². The fraction of sp³-hybridized carbons (Fsp3) is 0.571. The third kappa shape index (κ3) is 4.87. The molecule has 2 fully saturated rings. The van der Waals surface area contributed by atoms with Crippen molar-refractivity contribution in [3.63, 3.8) is 0 Å². The fourth-order valence-corrected chi connectivity index (χ4v) is 3.82. The molecule has 3 heterocycles. The van der Waals surface area contributed by atoms with Gasteiger partial charge in [0.2, 0.25) is 5.91 Å². The summed E-state index contributed by atoms with van der Waals surface area (Å²) in [5.74, 6) is -0.593. The first-order valence-corrected chi connectivity index (χ1v) is 10.1. The molecule has 0 aliphatic carbocycles. The zero-order valence-electron chi connectivity index (χ0n) is 17.5. The first-order valence-electron chi connectivity index (χ1n) is 10.1. The Hall–Kier alpha value is -3.15. The number of likely N-dealkylation sites (tertiary alicyclic amines) is 2. The number of nitrogens with zero attached hydrogens (tertiary/aromatic N) is 4. The molecule has 160 valence electrons. The summed E-state index contributed by atoms with van der Waals surface area (Å²) in [6, 6.07) is 3.79. The van der Waals surface area contributed by atoms with Crippen molar-refractivity contribution in [3.05, 3.63) is 30.1 Å². The van der Waals surface area contributed by atoms with Crippen LogP contribution in [0.3, 0.4) is 0 Å². The normalized spacial score (nSPS) is 23.7. The summed E-state index contributed by atoms with van der Waals surface area (Å²) in [5.41, 5.74) is -0.315. The molecule has 30 heavy (non-hydrogen) atoms. The van der Waals surface area contributed by atoms with Crippen LogP contribution < -0.4 is 5.32 Å². The second-order valence-corrected chi connectivity index (χ2v) is 8.62. The number of rotatable bonds is 3. The molecule has 0 aromatic carbocycles. The molecule has 3 atom stereocenters. The van der Waals surface area contributed by atoms with Crippen LogP contribution in [-0.4, -0.2) is 69.5 Å². The van der Waals surface area contributed by atoms with Gasteiger partial charge in [0.05, 0.1) is 11.6 Å². The number of hydrogen-bond donors (Lipinski definition) is 1. The highest BCUT2D eigenvalue weighted by Gasteiger charge is 2.45. The maximum atomic E-state index is 13.2. The van der Waals surface area contributed by atoms with Gasteiger partial charge < -0.3 is 15.0 Å². The van der Waals surface area contributed by atoms with Crippen LogP contribution >= 0.6 is 0 Å². The smallest absolute Gasteiger partial charge is 0.411 e. The first kappa shape index (κ1) is 21.6. The maximum absolute atomic E-state index is 13.2. The van der Waals surface area contributed by atoms with E-state index in [2.05, 4.69) is 16.4 Å². The highest BCUT2D eigenvalue weighted by Crippen LogP contribution is 2.26. The fourth-order valence-electron chi connectivity index (χ4n) is 3.82. The lowest BCUT2D eigenvalue weighted by atomic mass is 10.1. The molecule has 3 rings (SSSR count). The molecule has 1 unspecified atom stereocenters. The van der Waals surface area contributed by atoms with Crippen LogP contribution in [0.25, 0.3) is 0 Å². The number of nitriles is 1. The van der Waals surface area contributed by atoms with Crippen molar-refractivity contribution in [2.45, 2.75) is 63.8 Å². The van der Waals surface area contributed by atoms with E-state index in [-0.39, 0.29) is 24.8 Å². The van der Waals surface area contributed by atoms with Gasteiger partial charge in [0.25, 0.3) is 5.91 Å². The number of nitrogens with one attached hydrogen (secondary N) is 1. The first-order chi connectivity index (χ1) is 14.2. The van der Waals surface area contributed by atoms with Crippen LogP contribution in [0.5, 0.6) is 0 Å². The van der Waals surface area contributed by atoms with Gasteiger partial charge >= 0.3 is 6.09 Å². The van der Waals surface area contributed by atoms with Crippen molar-refractivity contribution in [1.82, 2.24) is 20.1 Å². The Balaban J connectivity index is 1.77. The summed E-state index contributed by atoms with van der Waals surface area (Å²) in [4.78, 5) is 45.3. The minimum absolute atomic E-state index is 0.155. The van der Waals surface area contributed by atoms with Gasteiger partial charge in [0, 0.05) is 31.5 Å². The molecule has 9 nitrogen and oxygen atoms in total. The van der Waals surface area contributed by atoms with E-state index in [1.54, 1.807) is 39.1 Å². The molecule has 9 heteroatoms. The molecule has 2 aliphatic heterocycles. The quantitative estimate of drug-likeness (QED) is 0.806. The number of carbonyl (C=O) groups excluding carboxylic acids is 3. The second-order valence-electron chi connectivity index (χ2n) is 8.62. The van der Waals surface area contributed by atoms with E-state index in [0.717, 1.165) is 6.42 Å². The van der Waals surface area contributed by atoms with Crippen molar-refractivity contribution in [1.29, 1.82) is 5.26 Å². The highest BCUT2D eigenvalue weighted by atomic mass is 16.6. The maximum Gasteiger partial charge on any atom is 0.411 e. The van der Waals surface area contributed by atoms with E-state index in [4.69, 9.17) is 4.74 Å². The average molecular weight is 413 g/mol. The Morgan fingerprint density at radius 2 is 2.07 bits per heavy atom. The van der Waals surface area contributed by atoms with E-state index in [9.17, 15) is 19.6 Å². The van der Waals surface area contributed by atoms with Crippen LogP contribution in [-0.2, 0) is 9.53 Å². The van der Waals surface area contributed by atoms with E-state index < -0.39 is 29.8 Å². The highest BCUT2D eigenvalue weighted by molar-refractivity contribution is 5.94. The van der Waals surface area contributed by atoms with Crippen LogP contribution in [0, 0.1) is 11.3 Å². The van der Waals surface area contributed by atoms with Gasteiger partial charge in [-0.2, -0.15) is 5.26 Å². The van der Waals surface area contributed by atoms with Crippen molar-refractivity contribution in [2.75, 3.05) is 13.1 Å². The summed E-state index contributed by atoms with van der Waals surface area (Å²) in [6.07, 6.45) is 4.07. The number of ether oxygens (including phenoxy) is 1. The predicted molar refractivity (Wildman–Crippen MR) is 107 cm³/mol. The Labute approximate surface area is 176 Å². The van der Waals surface area contributed by atoms with Crippen LogP contribution in [0.15, 0.2) is 24.5 Å². The molecule has 1 aromatic heterocycles. The van der Waals surface area contributed by atoms with Crippen molar-refractivity contribution in [3.8, 4) is 6.07 Å². The summed E-state index contributed by atoms with van der Waals surface area (Å²) in [6.45, 7) is 5.91. The summed E-state index contributed by atoms with van der Waals surface area (Å²) in [7, 11) is 0. The lowest BCUT2D eigenvalue weighted by Gasteiger charge is -2.30. The third-order valence-corrected chi connectivity index (χ3v) is 5.16. The Kier molecular flexibility index (Phi) is 6.25. The van der Waals surface area contributed by atoms with Gasteiger partial charge in [-0.05, 0) is 52.2 Å². The third-order valence-electron chi connectivity index (χ3n) is 5.16. The minimum atomic E-state index is -0.784. The van der Waals surface area contributed by atoms with E-state index in [0.29, 0.717) is 18.5 Å². The van der Waals surface area contributed by atoms with Crippen LogP contribution in [0.1, 0.15) is 50.4 Å². The Morgan fingerprint density at radius 3 is 2.70 bits per heavy atom. The van der Waals surface area contributed by atoms with Crippen molar-refractivity contribution >= 4 is 17.9 Å². The van der Waals surface area contributed by atoms with Gasteiger partial charge in [0.1, 0.15) is 17.7 Å². The standard InChI is InChI=1S/C21H27N5O4/c1-21(2,3)30-20(29)26-13-15(24-18(27)14-6-4-8-23-12-14)10-17(26)19(28)25-9-5-7-16(25)11-22/h4,6,8,12,15-17H,5,7,9-10,13H2,1-3H3,(H,24,27)/t15-,16?,17-/m0/s1. The molecule has 0 radical (unpaired) electrons. The summed E-state index contributed by atoms with van der Waals surface area (Å²) in [5, 5.41) is 12.2. The lowest BCUT2D eigenvalue weighted by Crippen LogP contribution is -2.50. The van der Waals surface area contributed by atoms with Gasteiger partial charge in [-0.25, -0.2) is 4.79 Å². The lowest BCUT2D eigenvalue weighted by molar-refractivity contribution is -0.135. The monoisotopic (exact) mass is 413 g/mol. The number of pyridine rings is 1. The van der Waals surface area contributed by atoms with E-state index in [1.165, 1.54) is 16.0 Å². The molecule has 3 amide bonds.